The van der Waals surface area contributed by atoms with E-state index in [2.05, 4.69) is 11.3 Å². The second-order valence-corrected chi connectivity index (χ2v) is 3.70. The molecule has 3 nitrogen and oxygen atoms in total. The minimum Gasteiger partial charge on any atom is -0.497 e. The highest BCUT2D eigenvalue weighted by Gasteiger charge is 2.14. The Hall–Kier alpha value is -1.57. The van der Waals surface area contributed by atoms with E-state index in [4.69, 9.17) is 17.0 Å². The summed E-state index contributed by atoms with van der Waals surface area (Å²) in [5.74, 6) is 8.14. The fourth-order valence-electron chi connectivity index (χ4n) is 1.65. The van der Waals surface area contributed by atoms with Crippen molar-refractivity contribution in [1.29, 1.82) is 0 Å². The Morgan fingerprint density at radius 3 is 2.88 bits per heavy atom. The van der Waals surface area contributed by atoms with E-state index in [9.17, 15) is 4.39 Å². The third-order valence-corrected chi connectivity index (χ3v) is 2.60. The zero-order valence-corrected chi connectivity index (χ0v) is 9.87. The molecule has 1 rings (SSSR count). The van der Waals surface area contributed by atoms with E-state index in [1.165, 1.54) is 13.2 Å². The van der Waals surface area contributed by atoms with Crippen LogP contribution in [-0.4, -0.2) is 7.11 Å². The number of nitrogens with two attached hydrogens (primary N) is 1. The first-order valence-electron chi connectivity index (χ1n) is 5.46. The number of terminal acetylenes is 1. The molecule has 1 unspecified atom stereocenters. The molecule has 3 N–H and O–H groups in total. The van der Waals surface area contributed by atoms with Gasteiger partial charge in [-0.25, -0.2) is 4.39 Å². The summed E-state index contributed by atoms with van der Waals surface area (Å²) >= 11 is 0. The van der Waals surface area contributed by atoms with Gasteiger partial charge in [-0.3, -0.25) is 11.3 Å². The number of halogens is 1. The van der Waals surface area contributed by atoms with Crippen molar-refractivity contribution in [3.63, 3.8) is 0 Å². The molecule has 1 atom stereocenters. The van der Waals surface area contributed by atoms with Gasteiger partial charge in [0.1, 0.15) is 11.6 Å². The molecule has 0 aliphatic heterocycles. The van der Waals surface area contributed by atoms with Gasteiger partial charge in [-0.1, -0.05) is 6.07 Å². The predicted molar refractivity (Wildman–Crippen MR) is 65.7 cm³/mol. The van der Waals surface area contributed by atoms with Gasteiger partial charge in [-0.05, 0) is 18.9 Å². The predicted octanol–water partition coefficient (Wildman–Crippen LogP) is 2.14. The molecule has 0 amide bonds. The standard InChI is InChI=1S/C13H17FN2O/c1-3-4-5-6-13(16-15)11-8-7-10(17-2)9-12(11)14/h1,7-9,13,16H,4-6,15H2,2H3. The van der Waals surface area contributed by atoms with Gasteiger partial charge in [0.25, 0.3) is 0 Å². The Balaban J connectivity index is 2.78. The maximum Gasteiger partial charge on any atom is 0.131 e. The average molecular weight is 236 g/mol. The smallest absolute Gasteiger partial charge is 0.131 e. The summed E-state index contributed by atoms with van der Waals surface area (Å²) in [6, 6.07) is 4.51. The van der Waals surface area contributed by atoms with Crippen LogP contribution in [0, 0.1) is 18.2 Å². The molecule has 0 saturated carbocycles. The van der Waals surface area contributed by atoms with Crippen LogP contribution in [0.2, 0.25) is 0 Å². The topological polar surface area (TPSA) is 47.3 Å². The van der Waals surface area contributed by atoms with Crippen molar-refractivity contribution in [2.24, 2.45) is 5.84 Å². The van der Waals surface area contributed by atoms with Gasteiger partial charge in [0, 0.05) is 24.1 Å². The van der Waals surface area contributed by atoms with E-state index in [1.807, 2.05) is 0 Å². The van der Waals surface area contributed by atoms with Crippen molar-refractivity contribution < 1.29 is 9.13 Å². The summed E-state index contributed by atoms with van der Waals surface area (Å²) in [7, 11) is 1.50. The van der Waals surface area contributed by atoms with Crippen molar-refractivity contribution in [1.82, 2.24) is 5.43 Å². The molecule has 0 fully saturated rings. The van der Waals surface area contributed by atoms with Crippen LogP contribution >= 0.6 is 0 Å². The number of benzene rings is 1. The van der Waals surface area contributed by atoms with Crippen LogP contribution < -0.4 is 16.0 Å². The van der Waals surface area contributed by atoms with Crippen molar-refractivity contribution in [2.75, 3.05) is 7.11 Å². The molecule has 0 heterocycles. The highest BCUT2D eigenvalue weighted by molar-refractivity contribution is 5.30. The Morgan fingerprint density at radius 1 is 1.59 bits per heavy atom. The number of hydrogen-bond acceptors (Lipinski definition) is 3. The van der Waals surface area contributed by atoms with Gasteiger partial charge in [0.05, 0.1) is 7.11 Å². The fourth-order valence-corrected chi connectivity index (χ4v) is 1.65. The number of nitrogens with one attached hydrogen (secondary N) is 1. The number of ether oxygens (including phenoxy) is 1. The van der Waals surface area contributed by atoms with E-state index >= 15 is 0 Å². The van der Waals surface area contributed by atoms with Crippen molar-refractivity contribution in [2.45, 2.75) is 25.3 Å². The van der Waals surface area contributed by atoms with Crippen LogP contribution in [0.15, 0.2) is 18.2 Å². The number of unbranched alkanes of at least 4 members (excludes halogenated alkanes) is 1. The zero-order chi connectivity index (χ0) is 12.7. The molecule has 1 aromatic rings. The molecule has 0 aliphatic carbocycles. The molecule has 1 aromatic carbocycles. The molecule has 92 valence electrons. The maximum absolute atomic E-state index is 13.8. The number of rotatable bonds is 6. The van der Waals surface area contributed by atoms with Gasteiger partial charge >= 0.3 is 0 Å². The van der Waals surface area contributed by atoms with Crippen LogP contribution in [0.1, 0.15) is 30.9 Å². The van der Waals surface area contributed by atoms with Crippen LogP contribution in [0.3, 0.4) is 0 Å². The highest BCUT2D eigenvalue weighted by Crippen LogP contribution is 2.24. The lowest BCUT2D eigenvalue weighted by molar-refractivity contribution is 0.408. The Morgan fingerprint density at radius 2 is 2.35 bits per heavy atom. The first kappa shape index (κ1) is 13.5. The number of methoxy groups -OCH3 is 1. The summed E-state index contributed by atoms with van der Waals surface area (Å²) in [6.45, 7) is 0. The van der Waals surface area contributed by atoms with Crippen molar-refractivity contribution in [3.8, 4) is 18.1 Å². The molecule has 4 heteroatoms. The Bertz CT molecular complexity index is 401. The molecular formula is C13H17FN2O. The Kier molecular flexibility index (Phi) is 5.47. The van der Waals surface area contributed by atoms with Crippen LogP contribution in [0.4, 0.5) is 4.39 Å². The summed E-state index contributed by atoms with van der Waals surface area (Å²) < 4.78 is 18.7. The Labute approximate surface area is 101 Å². The molecule has 17 heavy (non-hydrogen) atoms. The first-order valence-corrected chi connectivity index (χ1v) is 5.46. The summed E-state index contributed by atoms with van der Waals surface area (Å²) in [5, 5.41) is 0. The summed E-state index contributed by atoms with van der Waals surface area (Å²) in [5.41, 5.74) is 3.14. The lowest BCUT2D eigenvalue weighted by Gasteiger charge is -2.17. The molecule has 0 radical (unpaired) electrons. The molecule has 0 spiro atoms. The van der Waals surface area contributed by atoms with Crippen molar-refractivity contribution in [3.05, 3.63) is 29.6 Å². The van der Waals surface area contributed by atoms with Gasteiger partial charge < -0.3 is 4.74 Å². The number of hydrazine groups is 1. The second kappa shape index (κ2) is 6.89. The van der Waals surface area contributed by atoms with Crippen molar-refractivity contribution >= 4 is 0 Å². The monoisotopic (exact) mass is 236 g/mol. The van der Waals surface area contributed by atoms with E-state index < -0.39 is 0 Å². The third-order valence-electron chi connectivity index (χ3n) is 2.60. The highest BCUT2D eigenvalue weighted by atomic mass is 19.1. The lowest BCUT2D eigenvalue weighted by Crippen LogP contribution is -2.28. The minimum absolute atomic E-state index is 0.228. The fraction of sp³-hybridized carbons (Fsp3) is 0.385. The van der Waals surface area contributed by atoms with Gasteiger partial charge in [0.15, 0.2) is 0 Å². The number of hydrogen-bond donors (Lipinski definition) is 2. The van der Waals surface area contributed by atoms with E-state index in [0.717, 1.165) is 6.42 Å². The normalized spacial score (nSPS) is 11.9. The summed E-state index contributed by atoms with van der Waals surface area (Å²) in [6.07, 6.45) is 7.33. The summed E-state index contributed by atoms with van der Waals surface area (Å²) in [4.78, 5) is 0. The second-order valence-electron chi connectivity index (χ2n) is 3.70. The molecule has 0 saturated heterocycles. The lowest BCUT2D eigenvalue weighted by atomic mass is 10.0. The average Bonchev–Trinajstić information content (AvgIpc) is 2.35. The first-order chi connectivity index (χ1) is 8.22. The van der Waals surface area contributed by atoms with E-state index in [1.54, 1.807) is 12.1 Å². The maximum atomic E-state index is 13.8. The van der Waals surface area contributed by atoms with E-state index in [0.29, 0.717) is 24.2 Å². The van der Waals surface area contributed by atoms with E-state index in [-0.39, 0.29) is 11.9 Å². The molecular weight excluding hydrogens is 219 g/mol. The third kappa shape index (κ3) is 3.74. The van der Waals surface area contributed by atoms with Crippen LogP contribution in [0.25, 0.3) is 0 Å². The minimum atomic E-state index is -0.326. The van der Waals surface area contributed by atoms with Crippen LogP contribution in [0.5, 0.6) is 5.75 Å². The molecule has 0 aliphatic rings. The van der Waals surface area contributed by atoms with Crippen LogP contribution in [-0.2, 0) is 0 Å². The van der Waals surface area contributed by atoms with Gasteiger partial charge in [-0.2, -0.15) is 0 Å². The largest absolute Gasteiger partial charge is 0.497 e. The quantitative estimate of drug-likeness (QED) is 0.344. The SMILES string of the molecule is C#CCCCC(NN)c1ccc(OC)cc1F. The zero-order valence-electron chi connectivity index (χ0n) is 9.87. The van der Waals surface area contributed by atoms with Gasteiger partial charge in [0.2, 0.25) is 0 Å². The van der Waals surface area contributed by atoms with Gasteiger partial charge in [-0.15, -0.1) is 12.3 Å². The molecule has 0 bridgehead atoms. The molecule has 0 aromatic heterocycles.